The van der Waals surface area contributed by atoms with E-state index < -0.39 is 0 Å². The van der Waals surface area contributed by atoms with Crippen LogP contribution in [-0.4, -0.2) is 58.2 Å². The van der Waals surface area contributed by atoms with Crippen molar-refractivity contribution in [3.8, 4) is 0 Å². The Labute approximate surface area is 189 Å². The monoisotopic (exact) mass is 434 g/mol. The van der Waals surface area contributed by atoms with E-state index in [0.717, 1.165) is 66.0 Å². The third-order valence-electron chi connectivity index (χ3n) is 5.31. The zero-order valence-corrected chi connectivity index (χ0v) is 18.9. The Kier molecular flexibility index (Phi) is 7.36. The maximum Gasteiger partial charge on any atom is 0.130 e. The number of hydrogen-bond donors (Lipinski definition) is 1. The van der Waals surface area contributed by atoms with E-state index in [-0.39, 0.29) is 6.10 Å². The minimum atomic E-state index is -0.0865. The van der Waals surface area contributed by atoms with E-state index in [0.29, 0.717) is 13.2 Å². The predicted molar refractivity (Wildman–Crippen MR) is 123 cm³/mol. The number of rotatable bonds is 8. The molecule has 1 fully saturated rings. The van der Waals surface area contributed by atoms with E-state index >= 15 is 0 Å². The molecule has 8 nitrogen and oxygen atoms in total. The van der Waals surface area contributed by atoms with Crippen LogP contribution in [0.1, 0.15) is 34.6 Å². The van der Waals surface area contributed by atoms with E-state index in [1.54, 1.807) is 7.11 Å². The summed E-state index contributed by atoms with van der Waals surface area (Å²) in [5.41, 5.74) is 4.90. The molecule has 3 aromatic rings. The van der Waals surface area contributed by atoms with Gasteiger partial charge in [-0.1, -0.05) is 6.07 Å². The van der Waals surface area contributed by atoms with Crippen LogP contribution in [0.4, 0.5) is 11.5 Å². The summed E-state index contributed by atoms with van der Waals surface area (Å²) in [4.78, 5) is 20.5. The van der Waals surface area contributed by atoms with E-state index in [2.05, 4.69) is 31.2 Å². The molecule has 0 aliphatic carbocycles. The van der Waals surface area contributed by atoms with Crippen molar-refractivity contribution in [3.05, 3.63) is 71.2 Å². The van der Waals surface area contributed by atoms with Crippen molar-refractivity contribution >= 4 is 11.5 Å². The molecule has 4 heterocycles. The predicted octanol–water partition coefficient (Wildman–Crippen LogP) is 3.39. The second kappa shape index (κ2) is 10.6. The van der Waals surface area contributed by atoms with Crippen LogP contribution in [-0.2, 0) is 22.4 Å². The molecule has 1 N–H and O–H groups in total. The third kappa shape index (κ3) is 6.06. The molecular weight excluding hydrogens is 404 g/mol. The van der Waals surface area contributed by atoms with Gasteiger partial charge in [-0.15, -0.1) is 0 Å². The van der Waals surface area contributed by atoms with Gasteiger partial charge in [0.05, 0.1) is 18.9 Å². The van der Waals surface area contributed by atoms with Crippen LogP contribution in [0.15, 0.2) is 42.7 Å². The fourth-order valence-electron chi connectivity index (χ4n) is 3.76. The Morgan fingerprint density at radius 1 is 1.12 bits per heavy atom. The molecule has 1 saturated heterocycles. The molecule has 0 radical (unpaired) electrons. The van der Waals surface area contributed by atoms with Crippen molar-refractivity contribution in [3.63, 3.8) is 0 Å². The maximum atomic E-state index is 6.08. The minimum Gasteiger partial charge on any atom is -0.384 e. The van der Waals surface area contributed by atoms with Crippen LogP contribution in [0.3, 0.4) is 0 Å². The van der Waals surface area contributed by atoms with E-state index in [1.165, 1.54) is 0 Å². The van der Waals surface area contributed by atoms with Gasteiger partial charge in [-0.2, -0.15) is 0 Å². The maximum absolute atomic E-state index is 6.08. The first kappa shape index (κ1) is 22.3. The second-order valence-corrected chi connectivity index (χ2v) is 8.06. The molecule has 0 saturated carbocycles. The Morgan fingerprint density at radius 2 is 1.97 bits per heavy atom. The fourth-order valence-corrected chi connectivity index (χ4v) is 3.76. The number of anilines is 2. The number of hydrogen-bond acceptors (Lipinski definition) is 8. The number of aromatic nitrogens is 4. The van der Waals surface area contributed by atoms with E-state index in [1.807, 2.05) is 50.5 Å². The summed E-state index contributed by atoms with van der Waals surface area (Å²) in [7, 11) is 1.69. The smallest absolute Gasteiger partial charge is 0.130 e. The summed E-state index contributed by atoms with van der Waals surface area (Å²) in [6.45, 7) is 7.70. The molecule has 168 valence electrons. The SMILES string of the molecule is COCCc1ncc(CN2CCOC(c3cc(Nc4cccc(C)n4)cc(C)n3)C2)cn1. The van der Waals surface area contributed by atoms with Gasteiger partial charge in [0.1, 0.15) is 17.7 Å². The normalized spacial score (nSPS) is 16.8. The van der Waals surface area contributed by atoms with Crippen LogP contribution in [0.5, 0.6) is 0 Å². The van der Waals surface area contributed by atoms with Crippen LogP contribution in [0.2, 0.25) is 0 Å². The largest absolute Gasteiger partial charge is 0.384 e. The summed E-state index contributed by atoms with van der Waals surface area (Å²) >= 11 is 0. The summed E-state index contributed by atoms with van der Waals surface area (Å²) in [6.07, 6.45) is 4.45. The first-order valence-electron chi connectivity index (χ1n) is 10.9. The van der Waals surface area contributed by atoms with Gasteiger partial charge >= 0.3 is 0 Å². The van der Waals surface area contributed by atoms with Gasteiger partial charge in [-0.25, -0.2) is 15.0 Å². The number of aryl methyl sites for hydroxylation is 2. The highest BCUT2D eigenvalue weighted by Gasteiger charge is 2.24. The molecule has 1 atom stereocenters. The van der Waals surface area contributed by atoms with E-state index in [9.17, 15) is 0 Å². The molecule has 1 aliphatic rings. The van der Waals surface area contributed by atoms with Crippen molar-refractivity contribution in [1.29, 1.82) is 0 Å². The molecule has 3 aromatic heterocycles. The molecule has 0 bridgehead atoms. The van der Waals surface area contributed by atoms with Crippen LogP contribution >= 0.6 is 0 Å². The fraction of sp³-hybridized carbons (Fsp3) is 0.417. The van der Waals surface area contributed by atoms with Crippen LogP contribution in [0, 0.1) is 13.8 Å². The highest BCUT2D eigenvalue weighted by Crippen LogP contribution is 2.26. The summed E-state index contributed by atoms with van der Waals surface area (Å²) in [6, 6.07) is 10.0. The third-order valence-corrected chi connectivity index (χ3v) is 5.31. The molecule has 32 heavy (non-hydrogen) atoms. The lowest BCUT2D eigenvalue weighted by Crippen LogP contribution is -2.38. The zero-order chi connectivity index (χ0) is 22.3. The van der Waals surface area contributed by atoms with Gasteiger partial charge in [0.25, 0.3) is 0 Å². The number of pyridine rings is 2. The highest BCUT2D eigenvalue weighted by molar-refractivity contribution is 5.57. The van der Waals surface area contributed by atoms with Crippen LogP contribution < -0.4 is 5.32 Å². The first-order chi connectivity index (χ1) is 15.6. The summed E-state index contributed by atoms with van der Waals surface area (Å²) in [5.74, 6) is 1.63. The Balaban J connectivity index is 1.42. The quantitative estimate of drug-likeness (QED) is 0.578. The van der Waals surface area contributed by atoms with Gasteiger partial charge < -0.3 is 14.8 Å². The molecule has 1 unspecified atom stereocenters. The van der Waals surface area contributed by atoms with Gasteiger partial charge in [0, 0.05) is 68.2 Å². The molecule has 4 rings (SSSR count). The molecule has 0 aromatic carbocycles. The zero-order valence-electron chi connectivity index (χ0n) is 18.9. The number of methoxy groups -OCH3 is 1. The lowest BCUT2D eigenvalue weighted by atomic mass is 10.1. The Morgan fingerprint density at radius 3 is 2.75 bits per heavy atom. The van der Waals surface area contributed by atoms with Crippen molar-refractivity contribution in [1.82, 2.24) is 24.8 Å². The number of morpholine rings is 1. The van der Waals surface area contributed by atoms with Crippen molar-refractivity contribution in [2.75, 3.05) is 38.7 Å². The standard InChI is InChI=1S/C24H30N6O2/c1-17-5-4-6-24(28-17)29-20-11-18(2)27-21(12-20)22-16-30(8-10-32-22)15-19-13-25-23(26-14-19)7-9-31-3/h4-6,11-14,22H,7-10,15-16H2,1-3H3,(H,27,28,29). The van der Waals surface area contributed by atoms with Crippen LogP contribution in [0.25, 0.3) is 0 Å². The average Bonchev–Trinajstić information content (AvgIpc) is 2.78. The van der Waals surface area contributed by atoms with Crippen molar-refractivity contribution in [2.24, 2.45) is 0 Å². The summed E-state index contributed by atoms with van der Waals surface area (Å²) in [5, 5.41) is 3.39. The Hall–Kier alpha value is -2.94. The second-order valence-electron chi connectivity index (χ2n) is 8.06. The highest BCUT2D eigenvalue weighted by atomic mass is 16.5. The number of ether oxygens (including phenoxy) is 2. The molecule has 0 amide bonds. The number of nitrogens with one attached hydrogen (secondary N) is 1. The van der Waals surface area contributed by atoms with Gasteiger partial charge in [-0.3, -0.25) is 9.88 Å². The van der Waals surface area contributed by atoms with Gasteiger partial charge in [0.2, 0.25) is 0 Å². The molecular formula is C24H30N6O2. The van der Waals surface area contributed by atoms with Crippen molar-refractivity contribution < 1.29 is 9.47 Å². The molecule has 1 aliphatic heterocycles. The summed E-state index contributed by atoms with van der Waals surface area (Å²) < 4.78 is 11.2. The van der Waals surface area contributed by atoms with Gasteiger partial charge in [-0.05, 0) is 38.1 Å². The molecule has 0 spiro atoms. The lowest BCUT2D eigenvalue weighted by molar-refractivity contribution is -0.0350. The topological polar surface area (TPSA) is 85.3 Å². The Bertz CT molecular complexity index is 1030. The molecule has 8 heteroatoms. The lowest BCUT2D eigenvalue weighted by Gasteiger charge is -2.32. The average molecular weight is 435 g/mol. The minimum absolute atomic E-state index is 0.0865. The first-order valence-corrected chi connectivity index (χ1v) is 10.9. The van der Waals surface area contributed by atoms with Crippen molar-refractivity contribution in [2.45, 2.75) is 32.9 Å². The van der Waals surface area contributed by atoms with Gasteiger partial charge in [0.15, 0.2) is 0 Å². The van der Waals surface area contributed by atoms with E-state index in [4.69, 9.17) is 14.5 Å². The number of nitrogens with zero attached hydrogens (tertiary/aromatic N) is 5.